The molecule has 0 saturated carbocycles. The molecule has 6 nitrogen and oxygen atoms in total. The van der Waals surface area contributed by atoms with Gasteiger partial charge in [0.15, 0.2) is 0 Å². The molecule has 1 fully saturated rings. The van der Waals surface area contributed by atoms with Crippen LogP contribution in [0.4, 0.5) is 0 Å². The maximum Gasteiger partial charge on any atom is 0.257 e. The lowest BCUT2D eigenvalue weighted by Gasteiger charge is -2.31. The maximum atomic E-state index is 12.5. The van der Waals surface area contributed by atoms with Crippen molar-refractivity contribution in [1.29, 1.82) is 0 Å². The zero-order valence-corrected chi connectivity index (χ0v) is 14.4. The summed E-state index contributed by atoms with van der Waals surface area (Å²) in [4.78, 5) is 26.3. The fourth-order valence-corrected chi connectivity index (χ4v) is 2.69. The van der Waals surface area contributed by atoms with Crippen LogP contribution in [-0.4, -0.2) is 36.3 Å². The number of piperidine rings is 1. The van der Waals surface area contributed by atoms with Crippen molar-refractivity contribution in [2.75, 3.05) is 19.6 Å². The Labute approximate surface area is 143 Å². The highest BCUT2D eigenvalue weighted by atomic mass is 35.5. The van der Waals surface area contributed by atoms with Crippen LogP contribution in [0.25, 0.3) is 0 Å². The maximum absolute atomic E-state index is 12.5. The van der Waals surface area contributed by atoms with Gasteiger partial charge in [-0.1, -0.05) is 13.3 Å². The average Bonchev–Trinajstić information content (AvgIpc) is 3.03. The summed E-state index contributed by atoms with van der Waals surface area (Å²) in [5.41, 5.74) is 6.00. The molecule has 1 unspecified atom stereocenters. The van der Waals surface area contributed by atoms with Crippen molar-refractivity contribution in [3.8, 4) is 0 Å². The fourth-order valence-electron chi connectivity index (χ4n) is 2.69. The molecule has 2 rings (SSSR count). The number of rotatable bonds is 6. The van der Waals surface area contributed by atoms with E-state index < -0.39 is 0 Å². The molecule has 0 aliphatic carbocycles. The van der Waals surface area contributed by atoms with Crippen molar-refractivity contribution in [1.82, 2.24) is 10.2 Å². The monoisotopic (exact) mass is 343 g/mol. The molecule has 0 aromatic carbocycles. The van der Waals surface area contributed by atoms with Gasteiger partial charge in [-0.15, -0.1) is 12.4 Å². The van der Waals surface area contributed by atoms with Gasteiger partial charge in [0.05, 0.1) is 18.0 Å². The Morgan fingerprint density at radius 1 is 1.48 bits per heavy atom. The third-order valence-corrected chi connectivity index (χ3v) is 4.01. The number of nitrogens with zero attached hydrogens (tertiary/aromatic N) is 1. The van der Waals surface area contributed by atoms with Gasteiger partial charge in [0.2, 0.25) is 5.91 Å². The van der Waals surface area contributed by atoms with E-state index in [1.807, 2.05) is 0 Å². The van der Waals surface area contributed by atoms with Crippen molar-refractivity contribution in [2.24, 2.45) is 11.7 Å². The van der Waals surface area contributed by atoms with Crippen LogP contribution in [0.3, 0.4) is 0 Å². The molecule has 2 heterocycles. The number of halogens is 1. The minimum Gasteiger partial charge on any atom is -0.467 e. The standard InChI is InChI=1S/C16H25N3O3.ClH/c1-2-3-6-18-15(20)12-5-4-7-19(10-12)16(21)13-8-14(9-17)22-11-13;/h8,11-12H,2-7,9-10,17H2,1H3,(H,18,20);1H. The third-order valence-electron chi connectivity index (χ3n) is 4.01. The van der Waals surface area contributed by atoms with Gasteiger partial charge in [0.25, 0.3) is 5.91 Å². The summed E-state index contributed by atoms with van der Waals surface area (Å²) in [5.74, 6) is 0.444. The molecule has 2 amide bonds. The van der Waals surface area contributed by atoms with E-state index in [1.54, 1.807) is 11.0 Å². The first kappa shape index (κ1) is 19.5. The molecule has 23 heavy (non-hydrogen) atoms. The van der Waals surface area contributed by atoms with Crippen LogP contribution in [0.5, 0.6) is 0 Å². The lowest BCUT2D eigenvalue weighted by Crippen LogP contribution is -2.45. The van der Waals surface area contributed by atoms with Crippen LogP contribution >= 0.6 is 12.4 Å². The highest BCUT2D eigenvalue weighted by molar-refractivity contribution is 5.94. The summed E-state index contributed by atoms with van der Waals surface area (Å²) in [6.45, 7) is 4.23. The molecular weight excluding hydrogens is 318 g/mol. The average molecular weight is 344 g/mol. The van der Waals surface area contributed by atoms with Crippen molar-refractivity contribution in [3.05, 3.63) is 23.7 Å². The van der Waals surface area contributed by atoms with Gasteiger partial charge in [0, 0.05) is 19.6 Å². The normalized spacial score (nSPS) is 17.5. The number of likely N-dealkylation sites (tertiary alicyclic amines) is 1. The van der Waals surface area contributed by atoms with Crippen LogP contribution in [-0.2, 0) is 11.3 Å². The molecule has 1 aromatic heterocycles. The first-order valence-corrected chi connectivity index (χ1v) is 8.00. The van der Waals surface area contributed by atoms with Crippen LogP contribution in [0, 0.1) is 5.92 Å². The van der Waals surface area contributed by atoms with Crippen LogP contribution < -0.4 is 11.1 Å². The predicted molar refractivity (Wildman–Crippen MR) is 90.4 cm³/mol. The minimum atomic E-state index is -0.115. The summed E-state index contributed by atoms with van der Waals surface area (Å²) in [5, 5.41) is 2.95. The van der Waals surface area contributed by atoms with E-state index in [0.717, 1.165) is 25.7 Å². The van der Waals surface area contributed by atoms with E-state index in [4.69, 9.17) is 10.2 Å². The molecule has 7 heteroatoms. The summed E-state index contributed by atoms with van der Waals surface area (Å²) in [6.07, 6.45) is 5.16. The molecule has 0 bridgehead atoms. The Morgan fingerprint density at radius 3 is 2.91 bits per heavy atom. The fraction of sp³-hybridized carbons (Fsp3) is 0.625. The van der Waals surface area contributed by atoms with Crippen LogP contribution in [0.2, 0.25) is 0 Å². The Balaban J connectivity index is 0.00000264. The van der Waals surface area contributed by atoms with Crippen molar-refractivity contribution in [2.45, 2.75) is 39.2 Å². The lowest BCUT2D eigenvalue weighted by atomic mass is 9.96. The third kappa shape index (κ3) is 5.25. The molecule has 1 atom stereocenters. The van der Waals surface area contributed by atoms with Crippen molar-refractivity contribution in [3.63, 3.8) is 0 Å². The summed E-state index contributed by atoms with van der Waals surface area (Å²) in [6, 6.07) is 1.67. The predicted octanol–water partition coefficient (Wildman–Crippen LogP) is 1.93. The molecule has 0 radical (unpaired) electrons. The summed E-state index contributed by atoms with van der Waals surface area (Å²) >= 11 is 0. The number of nitrogens with one attached hydrogen (secondary N) is 1. The second-order valence-corrected chi connectivity index (χ2v) is 5.74. The molecule has 1 aliphatic heterocycles. The zero-order valence-electron chi connectivity index (χ0n) is 13.5. The Kier molecular flexibility index (Phi) is 8.12. The number of hydrogen-bond acceptors (Lipinski definition) is 4. The van der Waals surface area contributed by atoms with E-state index in [0.29, 0.717) is 31.0 Å². The van der Waals surface area contributed by atoms with E-state index in [2.05, 4.69) is 12.2 Å². The van der Waals surface area contributed by atoms with Gasteiger partial charge in [-0.2, -0.15) is 0 Å². The van der Waals surface area contributed by atoms with Gasteiger partial charge in [-0.3, -0.25) is 9.59 Å². The minimum absolute atomic E-state index is 0. The zero-order chi connectivity index (χ0) is 15.9. The Morgan fingerprint density at radius 2 is 2.26 bits per heavy atom. The molecular formula is C16H26ClN3O3. The number of amides is 2. The quantitative estimate of drug-likeness (QED) is 0.772. The second kappa shape index (κ2) is 9.57. The SMILES string of the molecule is CCCCNC(=O)C1CCCN(C(=O)c2coc(CN)c2)C1.Cl. The molecule has 3 N–H and O–H groups in total. The molecule has 1 saturated heterocycles. The second-order valence-electron chi connectivity index (χ2n) is 5.74. The first-order valence-electron chi connectivity index (χ1n) is 8.00. The number of unbranched alkanes of at least 4 members (excludes halogenated alkanes) is 1. The van der Waals surface area contributed by atoms with Crippen molar-refractivity contribution < 1.29 is 14.0 Å². The van der Waals surface area contributed by atoms with Crippen molar-refractivity contribution >= 4 is 24.2 Å². The van der Waals surface area contributed by atoms with Crippen LogP contribution in [0.1, 0.15) is 48.7 Å². The lowest BCUT2D eigenvalue weighted by molar-refractivity contribution is -0.126. The number of hydrogen-bond donors (Lipinski definition) is 2. The van der Waals surface area contributed by atoms with E-state index in [-0.39, 0.29) is 36.7 Å². The van der Waals surface area contributed by atoms with Crippen LogP contribution in [0.15, 0.2) is 16.7 Å². The number of carbonyl (C=O) groups excluding carboxylic acids is 2. The summed E-state index contributed by atoms with van der Waals surface area (Å²) in [7, 11) is 0. The molecule has 0 spiro atoms. The first-order chi connectivity index (χ1) is 10.7. The molecule has 130 valence electrons. The van der Waals surface area contributed by atoms with Gasteiger partial charge >= 0.3 is 0 Å². The van der Waals surface area contributed by atoms with Gasteiger partial charge in [-0.05, 0) is 25.3 Å². The van der Waals surface area contributed by atoms with E-state index >= 15 is 0 Å². The Bertz CT molecular complexity index is 518. The largest absolute Gasteiger partial charge is 0.467 e. The van der Waals surface area contributed by atoms with Gasteiger partial charge in [0.1, 0.15) is 12.0 Å². The van der Waals surface area contributed by atoms with E-state index in [1.165, 1.54) is 6.26 Å². The number of carbonyl (C=O) groups is 2. The smallest absolute Gasteiger partial charge is 0.257 e. The summed E-state index contributed by atoms with van der Waals surface area (Å²) < 4.78 is 5.21. The molecule has 1 aromatic rings. The highest BCUT2D eigenvalue weighted by Gasteiger charge is 2.29. The Hall–Kier alpha value is -1.53. The topological polar surface area (TPSA) is 88.6 Å². The number of furan rings is 1. The van der Waals surface area contributed by atoms with E-state index in [9.17, 15) is 9.59 Å². The molecule has 1 aliphatic rings. The van der Waals surface area contributed by atoms with Gasteiger partial charge < -0.3 is 20.4 Å². The van der Waals surface area contributed by atoms with Gasteiger partial charge in [-0.25, -0.2) is 0 Å². The highest BCUT2D eigenvalue weighted by Crippen LogP contribution is 2.20. The number of nitrogens with two attached hydrogens (primary N) is 1.